The van der Waals surface area contributed by atoms with Crippen molar-refractivity contribution in [3.63, 3.8) is 0 Å². The van der Waals surface area contributed by atoms with Crippen molar-refractivity contribution >= 4 is 43.8 Å². The number of nitrogens with zero attached hydrogens (tertiary/aromatic N) is 1. The largest absolute Gasteiger partial charge is 0.487 e. The minimum absolute atomic E-state index is 0.506. The molecule has 3 aromatic carbocycles. The summed E-state index contributed by atoms with van der Waals surface area (Å²) in [6.07, 6.45) is 1.83. The Morgan fingerprint density at radius 3 is 2.40 bits per heavy atom. The highest BCUT2D eigenvalue weighted by atomic mass is 79.9. The van der Waals surface area contributed by atoms with Gasteiger partial charge in [0.05, 0.1) is 10.2 Å². The number of halogens is 2. The lowest BCUT2D eigenvalue weighted by Crippen LogP contribution is -1.99. The van der Waals surface area contributed by atoms with Crippen molar-refractivity contribution in [1.82, 2.24) is 0 Å². The molecule has 3 rings (SSSR count). The molecule has 126 valence electrons. The van der Waals surface area contributed by atoms with Crippen molar-refractivity contribution in [2.24, 2.45) is 4.99 Å². The maximum absolute atomic E-state index is 6.06. The molecule has 0 saturated carbocycles. The van der Waals surface area contributed by atoms with E-state index in [-0.39, 0.29) is 0 Å². The number of benzene rings is 3. The summed E-state index contributed by atoms with van der Waals surface area (Å²) in [5.74, 6) is 0.780. The Morgan fingerprint density at radius 1 is 0.960 bits per heavy atom. The van der Waals surface area contributed by atoms with E-state index in [9.17, 15) is 0 Å². The molecule has 3 aromatic rings. The molecule has 0 saturated heterocycles. The van der Waals surface area contributed by atoms with E-state index in [4.69, 9.17) is 4.74 Å². The third-order valence-electron chi connectivity index (χ3n) is 3.65. The minimum Gasteiger partial charge on any atom is -0.487 e. The van der Waals surface area contributed by atoms with Crippen LogP contribution in [-0.4, -0.2) is 6.21 Å². The van der Waals surface area contributed by atoms with Crippen LogP contribution in [0.25, 0.3) is 0 Å². The highest BCUT2D eigenvalue weighted by Gasteiger charge is 2.09. The van der Waals surface area contributed by atoms with Crippen LogP contribution in [0.15, 0.2) is 80.7 Å². The second kappa shape index (κ2) is 8.45. The van der Waals surface area contributed by atoms with Gasteiger partial charge in [-0.15, -0.1) is 0 Å². The van der Waals surface area contributed by atoms with E-state index in [1.165, 1.54) is 5.56 Å². The van der Waals surface area contributed by atoms with Crippen molar-refractivity contribution in [1.29, 1.82) is 0 Å². The Balaban J connectivity index is 1.85. The zero-order chi connectivity index (χ0) is 17.6. The number of hydrogen-bond acceptors (Lipinski definition) is 2. The summed E-state index contributed by atoms with van der Waals surface area (Å²) in [7, 11) is 0. The molecule has 0 heterocycles. The number of aliphatic imine (C=N–C) groups is 1. The first kappa shape index (κ1) is 17.9. The van der Waals surface area contributed by atoms with Crippen LogP contribution in [0.2, 0.25) is 0 Å². The third kappa shape index (κ3) is 5.03. The Morgan fingerprint density at radius 2 is 1.68 bits per heavy atom. The third-order valence-corrected chi connectivity index (χ3v) is 4.70. The summed E-state index contributed by atoms with van der Waals surface area (Å²) in [5.41, 5.74) is 4.17. The lowest BCUT2D eigenvalue weighted by molar-refractivity contribution is 0.304. The van der Waals surface area contributed by atoms with Crippen LogP contribution in [0.5, 0.6) is 5.75 Å². The van der Waals surface area contributed by atoms with Crippen molar-refractivity contribution in [3.8, 4) is 5.75 Å². The highest BCUT2D eigenvalue weighted by molar-refractivity contribution is 9.11. The average molecular weight is 459 g/mol. The molecule has 0 atom stereocenters. The van der Waals surface area contributed by atoms with Gasteiger partial charge in [0.2, 0.25) is 0 Å². The van der Waals surface area contributed by atoms with E-state index < -0.39 is 0 Å². The Labute approximate surface area is 164 Å². The van der Waals surface area contributed by atoms with Crippen molar-refractivity contribution in [3.05, 3.63) is 92.4 Å². The fourth-order valence-electron chi connectivity index (χ4n) is 2.33. The number of hydrogen-bond donors (Lipinski definition) is 0. The van der Waals surface area contributed by atoms with E-state index in [1.54, 1.807) is 0 Å². The molecule has 0 amide bonds. The monoisotopic (exact) mass is 457 g/mol. The molecule has 4 heteroatoms. The van der Waals surface area contributed by atoms with Gasteiger partial charge in [-0.3, -0.25) is 4.99 Å². The minimum atomic E-state index is 0.506. The predicted octanol–water partition coefficient (Wildman–Crippen LogP) is 6.85. The van der Waals surface area contributed by atoms with Crippen LogP contribution < -0.4 is 4.74 Å². The van der Waals surface area contributed by atoms with Gasteiger partial charge in [-0.2, -0.15) is 0 Å². The van der Waals surface area contributed by atoms with Crippen LogP contribution in [0, 0.1) is 6.92 Å². The molecule has 0 radical (unpaired) electrons. The van der Waals surface area contributed by atoms with Gasteiger partial charge < -0.3 is 4.74 Å². The fraction of sp³-hybridized carbons (Fsp3) is 0.0952. The van der Waals surface area contributed by atoms with E-state index in [2.05, 4.69) is 55.9 Å². The summed E-state index contributed by atoms with van der Waals surface area (Å²) in [6, 6.07) is 22.2. The van der Waals surface area contributed by atoms with E-state index in [0.29, 0.717) is 6.61 Å². The van der Waals surface area contributed by atoms with Gasteiger partial charge in [0.15, 0.2) is 0 Å². The van der Waals surface area contributed by atoms with E-state index in [1.807, 2.05) is 60.8 Å². The molecule has 0 aromatic heterocycles. The van der Waals surface area contributed by atoms with Crippen LogP contribution >= 0.6 is 31.9 Å². The Hall–Kier alpha value is -1.91. The molecule has 0 fully saturated rings. The fourth-order valence-corrected chi connectivity index (χ4v) is 3.71. The average Bonchev–Trinajstić information content (AvgIpc) is 2.61. The summed E-state index contributed by atoms with van der Waals surface area (Å²) in [4.78, 5) is 4.57. The molecule has 0 bridgehead atoms. The van der Waals surface area contributed by atoms with Crippen LogP contribution in [0.4, 0.5) is 5.69 Å². The molecule has 0 aliphatic rings. The second-order valence-corrected chi connectivity index (χ2v) is 7.44. The van der Waals surface area contributed by atoms with Crippen molar-refractivity contribution in [2.75, 3.05) is 0 Å². The molecule has 0 N–H and O–H groups in total. The van der Waals surface area contributed by atoms with E-state index in [0.717, 1.165) is 31.5 Å². The number of rotatable bonds is 5. The first-order valence-corrected chi connectivity index (χ1v) is 9.47. The van der Waals surface area contributed by atoms with Gasteiger partial charge in [0.25, 0.3) is 0 Å². The number of aryl methyl sites for hydroxylation is 1. The maximum Gasteiger partial charge on any atom is 0.142 e. The summed E-state index contributed by atoms with van der Waals surface area (Å²) >= 11 is 7.12. The lowest BCUT2D eigenvalue weighted by atomic mass is 10.2. The quantitative estimate of drug-likeness (QED) is 0.383. The van der Waals surface area contributed by atoms with Gasteiger partial charge in [0.1, 0.15) is 12.4 Å². The van der Waals surface area contributed by atoms with Gasteiger partial charge >= 0.3 is 0 Å². The Bertz CT molecular complexity index is 874. The smallest absolute Gasteiger partial charge is 0.142 e. The topological polar surface area (TPSA) is 21.6 Å². The van der Waals surface area contributed by atoms with Gasteiger partial charge in [-0.25, -0.2) is 0 Å². The van der Waals surface area contributed by atoms with Gasteiger partial charge in [-0.05, 0) is 52.7 Å². The van der Waals surface area contributed by atoms with Crippen molar-refractivity contribution < 1.29 is 4.74 Å². The highest BCUT2D eigenvalue weighted by Crippen LogP contribution is 2.33. The summed E-state index contributed by atoms with van der Waals surface area (Å²) < 4.78 is 7.92. The standard InChI is InChI=1S/C21H17Br2NO/c1-15-7-9-19(10-8-15)24-13-17-11-18(22)12-20(23)21(17)25-14-16-5-3-2-4-6-16/h2-13H,14H2,1H3. The lowest BCUT2D eigenvalue weighted by Gasteiger charge is -2.12. The zero-order valence-corrected chi connectivity index (χ0v) is 16.9. The van der Waals surface area contributed by atoms with Gasteiger partial charge in [0, 0.05) is 16.3 Å². The molecule has 0 spiro atoms. The summed E-state index contributed by atoms with van der Waals surface area (Å²) in [5, 5.41) is 0. The normalized spacial score (nSPS) is 11.0. The SMILES string of the molecule is Cc1ccc(N=Cc2cc(Br)cc(Br)c2OCc2ccccc2)cc1. The molecule has 0 aliphatic heterocycles. The molecular weight excluding hydrogens is 442 g/mol. The first-order chi connectivity index (χ1) is 12.1. The second-order valence-electron chi connectivity index (χ2n) is 5.67. The first-order valence-electron chi connectivity index (χ1n) is 7.88. The molecule has 0 unspecified atom stereocenters. The van der Waals surface area contributed by atoms with Gasteiger partial charge in [-0.1, -0.05) is 64.0 Å². The molecular formula is C21H17Br2NO. The molecule has 25 heavy (non-hydrogen) atoms. The Kier molecular flexibility index (Phi) is 6.05. The van der Waals surface area contributed by atoms with E-state index >= 15 is 0 Å². The molecule has 0 aliphatic carbocycles. The number of ether oxygens (including phenoxy) is 1. The maximum atomic E-state index is 6.06. The zero-order valence-electron chi connectivity index (χ0n) is 13.7. The summed E-state index contributed by atoms with van der Waals surface area (Å²) in [6.45, 7) is 2.57. The van der Waals surface area contributed by atoms with Crippen molar-refractivity contribution in [2.45, 2.75) is 13.5 Å². The molecule has 2 nitrogen and oxygen atoms in total. The van der Waals surface area contributed by atoms with Crippen LogP contribution in [-0.2, 0) is 6.61 Å². The predicted molar refractivity (Wildman–Crippen MR) is 111 cm³/mol. The van der Waals surface area contributed by atoms with Crippen LogP contribution in [0.1, 0.15) is 16.7 Å². The van der Waals surface area contributed by atoms with Crippen LogP contribution in [0.3, 0.4) is 0 Å².